The summed E-state index contributed by atoms with van der Waals surface area (Å²) in [7, 11) is 1.78. The Hall–Kier alpha value is -1.64. The van der Waals surface area contributed by atoms with Crippen LogP contribution in [0, 0.1) is 22.7 Å². The largest absolute Gasteiger partial charge is 0.304 e. The number of rotatable bonds is 5. The Morgan fingerprint density at radius 1 is 1.32 bits per heavy atom. The smallest absolute Gasteiger partial charge is 0.228 e. The maximum absolute atomic E-state index is 12.6. The van der Waals surface area contributed by atoms with Crippen LogP contribution in [-0.2, 0) is 11.2 Å². The van der Waals surface area contributed by atoms with E-state index >= 15 is 0 Å². The summed E-state index contributed by atoms with van der Waals surface area (Å²) < 4.78 is 0. The SMILES string of the molecule is CCCc1cccc(C2CC2C2(C)CC(=O)N(C)C(=N)C(CC)C2)c1. The van der Waals surface area contributed by atoms with Crippen molar-refractivity contribution in [2.24, 2.45) is 17.3 Å². The number of amides is 1. The van der Waals surface area contributed by atoms with Gasteiger partial charge in [-0.1, -0.05) is 51.5 Å². The second-order valence-corrected chi connectivity index (χ2v) is 8.42. The number of nitrogens with one attached hydrogen (secondary N) is 1. The first kappa shape index (κ1) is 18.2. The third-order valence-corrected chi connectivity index (χ3v) is 6.49. The monoisotopic (exact) mass is 340 g/mol. The molecule has 0 aromatic heterocycles. The van der Waals surface area contributed by atoms with Gasteiger partial charge in [0.1, 0.15) is 5.84 Å². The van der Waals surface area contributed by atoms with E-state index in [1.54, 1.807) is 11.9 Å². The van der Waals surface area contributed by atoms with Crippen molar-refractivity contribution in [1.82, 2.24) is 4.90 Å². The minimum absolute atomic E-state index is 0.0141. The highest BCUT2D eigenvalue weighted by atomic mass is 16.2. The van der Waals surface area contributed by atoms with Gasteiger partial charge in [-0.3, -0.25) is 10.2 Å². The van der Waals surface area contributed by atoms with Crippen LogP contribution in [0.2, 0.25) is 0 Å². The highest BCUT2D eigenvalue weighted by Gasteiger charge is 2.53. The second-order valence-electron chi connectivity index (χ2n) is 8.42. The summed E-state index contributed by atoms with van der Waals surface area (Å²) in [6, 6.07) is 9.05. The van der Waals surface area contributed by atoms with Crippen molar-refractivity contribution in [3.05, 3.63) is 35.4 Å². The Bertz CT molecular complexity index is 668. The molecule has 1 saturated carbocycles. The Kier molecular flexibility index (Phi) is 5.04. The first-order chi connectivity index (χ1) is 11.9. The van der Waals surface area contributed by atoms with Crippen LogP contribution >= 0.6 is 0 Å². The number of carbonyl (C=O) groups excluding carboxylic acids is 1. The van der Waals surface area contributed by atoms with Gasteiger partial charge in [-0.2, -0.15) is 0 Å². The normalized spacial score (nSPS) is 32.6. The maximum Gasteiger partial charge on any atom is 0.228 e. The van der Waals surface area contributed by atoms with Crippen molar-refractivity contribution in [2.75, 3.05) is 7.05 Å². The van der Waals surface area contributed by atoms with Crippen molar-refractivity contribution in [1.29, 1.82) is 5.41 Å². The van der Waals surface area contributed by atoms with Gasteiger partial charge in [-0.15, -0.1) is 0 Å². The van der Waals surface area contributed by atoms with E-state index < -0.39 is 0 Å². The summed E-state index contributed by atoms with van der Waals surface area (Å²) in [5.41, 5.74) is 2.89. The minimum Gasteiger partial charge on any atom is -0.304 e. The lowest BCUT2D eigenvalue weighted by Crippen LogP contribution is -2.34. The number of benzene rings is 1. The molecule has 3 rings (SSSR count). The van der Waals surface area contributed by atoms with Crippen molar-refractivity contribution < 1.29 is 4.79 Å². The number of amidine groups is 1. The Morgan fingerprint density at radius 2 is 2.08 bits per heavy atom. The van der Waals surface area contributed by atoms with Gasteiger partial charge in [0.15, 0.2) is 0 Å². The summed E-state index contributed by atoms with van der Waals surface area (Å²) in [6.45, 7) is 6.66. The van der Waals surface area contributed by atoms with E-state index in [2.05, 4.69) is 45.0 Å². The minimum atomic E-state index is 0.0141. The van der Waals surface area contributed by atoms with Crippen LogP contribution < -0.4 is 0 Å². The van der Waals surface area contributed by atoms with E-state index in [-0.39, 0.29) is 17.2 Å². The van der Waals surface area contributed by atoms with E-state index in [0.717, 1.165) is 19.3 Å². The van der Waals surface area contributed by atoms with Gasteiger partial charge >= 0.3 is 0 Å². The van der Waals surface area contributed by atoms with Gasteiger partial charge in [0.2, 0.25) is 5.91 Å². The van der Waals surface area contributed by atoms with Crippen molar-refractivity contribution in [3.8, 4) is 0 Å². The molecule has 1 aromatic carbocycles. The number of likely N-dealkylation sites (tertiary alicyclic amines) is 1. The van der Waals surface area contributed by atoms with Gasteiger partial charge in [-0.25, -0.2) is 0 Å². The van der Waals surface area contributed by atoms with Crippen LogP contribution in [-0.4, -0.2) is 23.7 Å². The van der Waals surface area contributed by atoms with Gasteiger partial charge in [0.05, 0.1) is 0 Å². The molecule has 2 aliphatic rings. The van der Waals surface area contributed by atoms with Crippen molar-refractivity contribution in [2.45, 2.75) is 65.2 Å². The molecule has 1 amide bonds. The molecule has 1 aromatic rings. The molecular weight excluding hydrogens is 308 g/mol. The highest BCUT2D eigenvalue weighted by Crippen LogP contribution is 2.61. The van der Waals surface area contributed by atoms with E-state index in [0.29, 0.717) is 24.1 Å². The van der Waals surface area contributed by atoms with Crippen molar-refractivity contribution in [3.63, 3.8) is 0 Å². The van der Waals surface area contributed by atoms with Gasteiger partial charge < -0.3 is 4.90 Å². The average Bonchev–Trinajstić information content (AvgIpc) is 3.40. The van der Waals surface area contributed by atoms with Crippen LogP contribution in [0.25, 0.3) is 0 Å². The fourth-order valence-corrected chi connectivity index (χ4v) is 4.83. The fraction of sp³-hybridized carbons (Fsp3) is 0.636. The lowest BCUT2D eigenvalue weighted by Gasteiger charge is -2.30. The molecule has 4 atom stereocenters. The van der Waals surface area contributed by atoms with Crippen LogP contribution in [0.3, 0.4) is 0 Å². The van der Waals surface area contributed by atoms with Gasteiger partial charge in [0.25, 0.3) is 0 Å². The number of carbonyl (C=O) groups is 1. The maximum atomic E-state index is 12.6. The topological polar surface area (TPSA) is 44.2 Å². The Labute approximate surface area is 152 Å². The zero-order valence-electron chi connectivity index (χ0n) is 16.1. The third-order valence-electron chi connectivity index (χ3n) is 6.49. The summed E-state index contributed by atoms with van der Waals surface area (Å²) in [4.78, 5) is 14.2. The fourth-order valence-electron chi connectivity index (χ4n) is 4.83. The van der Waals surface area contributed by atoms with Gasteiger partial charge in [0, 0.05) is 19.4 Å². The quantitative estimate of drug-likeness (QED) is 0.805. The number of nitrogens with zero attached hydrogens (tertiary/aromatic N) is 1. The molecule has 0 radical (unpaired) electrons. The Balaban J connectivity index is 1.80. The summed E-state index contributed by atoms with van der Waals surface area (Å²) in [6.07, 6.45) is 5.99. The van der Waals surface area contributed by atoms with Crippen LogP contribution in [0.15, 0.2) is 24.3 Å². The highest BCUT2D eigenvalue weighted by molar-refractivity contribution is 5.98. The summed E-state index contributed by atoms with van der Waals surface area (Å²) in [5, 5.41) is 8.35. The first-order valence-corrected chi connectivity index (χ1v) is 9.83. The number of aryl methyl sites for hydroxylation is 1. The molecule has 4 unspecified atom stereocenters. The zero-order chi connectivity index (χ0) is 18.2. The molecule has 1 heterocycles. The van der Waals surface area contributed by atoms with E-state index in [4.69, 9.17) is 5.41 Å². The van der Waals surface area contributed by atoms with E-state index in [1.807, 2.05) is 0 Å². The summed E-state index contributed by atoms with van der Waals surface area (Å²) >= 11 is 0. The lowest BCUT2D eigenvalue weighted by atomic mass is 9.73. The zero-order valence-corrected chi connectivity index (χ0v) is 16.1. The molecule has 1 aliphatic heterocycles. The molecule has 136 valence electrons. The molecule has 0 bridgehead atoms. The lowest BCUT2D eigenvalue weighted by molar-refractivity contribution is -0.128. The molecular formula is C22H32N2O. The van der Waals surface area contributed by atoms with E-state index in [1.165, 1.54) is 24.0 Å². The number of hydrogen-bond acceptors (Lipinski definition) is 2. The van der Waals surface area contributed by atoms with Crippen molar-refractivity contribution >= 4 is 11.7 Å². The molecule has 0 spiro atoms. The van der Waals surface area contributed by atoms with Crippen LogP contribution in [0.4, 0.5) is 0 Å². The molecule has 3 nitrogen and oxygen atoms in total. The Morgan fingerprint density at radius 3 is 2.76 bits per heavy atom. The molecule has 2 fully saturated rings. The molecule has 1 N–H and O–H groups in total. The average molecular weight is 341 g/mol. The molecule has 25 heavy (non-hydrogen) atoms. The van der Waals surface area contributed by atoms with Gasteiger partial charge in [-0.05, 0) is 54.1 Å². The molecule has 1 saturated heterocycles. The standard InChI is InChI=1S/C22H32N2O/c1-5-8-15-9-7-10-17(11-15)18-12-19(18)22(3)13-16(6-2)21(23)24(4)20(25)14-22/h7,9-11,16,18-19,23H,5-6,8,12-14H2,1-4H3. The van der Waals surface area contributed by atoms with Crippen LogP contribution in [0.5, 0.6) is 0 Å². The second kappa shape index (κ2) is 6.93. The number of hydrogen-bond donors (Lipinski definition) is 1. The predicted molar refractivity (Wildman–Crippen MR) is 103 cm³/mol. The van der Waals surface area contributed by atoms with Crippen LogP contribution in [0.1, 0.15) is 69.9 Å². The predicted octanol–water partition coefficient (Wildman–Crippen LogP) is 5.00. The molecule has 1 aliphatic carbocycles. The third kappa shape index (κ3) is 3.51. The molecule has 3 heteroatoms. The first-order valence-electron chi connectivity index (χ1n) is 9.83. The summed E-state index contributed by atoms with van der Waals surface area (Å²) in [5.74, 6) is 1.99. The van der Waals surface area contributed by atoms with E-state index in [9.17, 15) is 4.79 Å².